The van der Waals surface area contributed by atoms with Gasteiger partial charge in [-0.05, 0) is 56.0 Å². The van der Waals surface area contributed by atoms with Gasteiger partial charge in [-0.1, -0.05) is 18.2 Å². The first-order valence-electron chi connectivity index (χ1n) is 12.4. The molecule has 0 bridgehead atoms. The van der Waals surface area contributed by atoms with Crippen molar-refractivity contribution in [3.05, 3.63) is 54.1 Å². The highest BCUT2D eigenvalue weighted by Crippen LogP contribution is 2.40. The largest absolute Gasteiger partial charge is 0.497 e. The van der Waals surface area contributed by atoms with Gasteiger partial charge in [0, 0.05) is 61.7 Å². The Hall–Kier alpha value is -3.26. The van der Waals surface area contributed by atoms with Crippen LogP contribution in [0.1, 0.15) is 31.7 Å². The van der Waals surface area contributed by atoms with Crippen LogP contribution in [0.25, 0.3) is 6.08 Å². The van der Waals surface area contributed by atoms with Crippen molar-refractivity contribution in [3.63, 3.8) is 0 Å². The number of anilines is 1. The molecule has 36 heavy (non-hydrogen) atoms. The Bertz CT molecular complexity index is 1090. The summed E-state index contributed by atoms with van der Waals surface area (Å²) in [5.74, 6) is 2.27. The Morgan fingerprint density at radius 2 is 1.67 bits per heavy atom. The Morgan fingerprint density at radius 1 is 1.03 bits per heavy atom. The number of hydrogen-bond acceptors (Lipinski definition) is 5. The van der Waals surface area contributed by atoms with Gasteiger partial charge in [-0.15, -0.1) is 0 Å². The van der Waals surface area contributed by atoms with E-state index in [1.54, 1.807) is 20.3 Å². The monoisotopic (exact) mass is 509 g/mol. The first kappa shape index (κ1) is 25.8. The Morgan fingerprint density at radius 3 is 2.31 bits per heavy atom. The van der Waals surface area contributed by atoms with Crippen LogP contribution in [0.15, 0.2) is 48.5 Å². The van der Waals surface area contributed by atoms with E-state index in [-0.39, 0.29) is 11.3 Å². The van der Waals surface area contributed by atoms with E-state index < -0.39 is 0 Å². The normalized spacial score (nSPS) is 16.9. The van der Waals surface area contributed by atoms with Crippen LogP contribution in [0.2, 0.25) is 0 Å². The third-order valence-electron chi connectivity index (χ3n) is 7.09. The average molecular weight is 510 g/mol. The molecule has 0 atom stereocenters. The fraction of sp³-hybridized carbons (Fsp3) is 0.429. The fourth-order valence-electron chi connectivity index (χ4n) is 4.97. The molecular weight excluding hydrogens is 474 g/mol. The first-order valence-corrected chi connectivity index (χ1v) is 12.8. The number of benzene rings is 2. The van der Waals surface area contributed by atoms with Crippen molar-refractivity contribution in [2.75, 3.05) is 52.3 Å². The van der Waals surface area contributed by atoms with Gasteiger partial charge in [0.15, 0.2) is 5.11 Å². The molecule has 0 aliphatic carbocycles. The van der Waals surface area contributed by atoms with Gasteiger partial charge in [-0.25, -0.2) is 0 Å². The summed E-state index contributed by atoms with van der Waals surface area (Å²) in [6.07, 6.45) is 6.56. The molecular formula is C28H35N3O4S. The third kappa shape index (κ3) is 6.10. The number of likely N-dealkylation sites (tertiary alicyclic amines) is 2. The van der Waals surface area contributed by atoms with E-state index in [1.165, 1.54) is 0 Å². The van der Waals surface area contributed by atoms with Crippen LogP contribution in [0.3, 0.4) is 0 Å². The molecule has 4 rings (SSSR count). The lowest BCUT2D eigenvalue weighted by Crippen LogP contribution is -2.44. The molecule has 0 aromatic heterocycles. The molecule has 2 aliphatic heterocycles. The molecule has 2 aromatic carbocycles. The van der Waals surface area contributed by atoms with Crippen molar-refractivity contribution in [2.24, 2.45) is 5.41 Å². The summed E-state index contributed by atoms with van der Waals surface area (Å²) < 4.78 is 16.4. The Kier molecular flexibility index (Phi) is 8.36. The molecule has 1 N–H and O–H groups in total. The highest BCUT2D eigenvalue weighted by molar-refractivity contribution is 7.80. The van der Waals surface area contributed by atoms with Crippen LogP contribution >= 0.6 is 12.2 Å². The van der Waals surface area contributed by atoms with Crippen molar-refractivity contribution >= 4 is 35.0 Å². The van der Waals surface area contributed by atoms with Gasteiger partial charge in [0.2, 0.25) is 5.91 Å². The van der Waals surface area contributed by atoms with Crippen molar-refractivity contribution in [2.45, 2.75) is 26.2 Å². The number of ether oxygens (including phenoxy) is 3. The smallest absolute Gasteiger partial charge is 0.246 e. The zero-order chi connectivity index (χ0) is 25.5. The maximum Gasteiger partial charge on any atom is 0.246 e. The molecule has 2 aliphatic rings. The molecule has 192 valence electrons. The van der Waals surface area contributed by atoms with Crippen LogP contribution in [-0.4, -0.2) is 67.8 Å². The quantitative estimate of drug-likeness (QED) is 0.424. The number of methoxy groups -OCH3 is 2. The summed E-state index contributed by atoms with van der Waals surface area (Å²) in [4.78, 5) is 17.1. The minimum absolute atomic E-state index is 0.0511. The Balaban J connectivity index is 1.31. The van der Waals surface area contributed by atoms with Crippen molar-refractivity contribution in [3.8, 4) is 17.2 Å². The number of nitrogens with zero attached hydrogens (tertiary/aromatic N) is 2. The highest BCUT2D eigenvalue weighted by Gasteiger charge is 2.41. The molecule has 8 heteroatoms. The fourth-order valence-corrected chi connectivity index (χ4v) is 5.25. The minimum Gasteiger partial charge on any atom is -0.497 e. The van der Waals surface area contributed by atoms with Gasteiger partial charge in [0.05, 0.1) is 20.8 Å². The number of hydrogen-bond donors (Lipinski definition) is 1. The van der Waals surface area contributed by atoms with Crippen LogP contribution in [0.5, 0.6) is 17.2 Å². The van der Waals surface area contributed by atoms with Crippen LogP contribution in [-0.2, 0) is 4.79 Å². The number of piperidine rings is 1. The summed E-state index contributed by atoms with van der Waals surface area (Å²) in [5, 5.41) is 4.05. The SMILES string of the molecule is CCOc1ccccc1C=CC(=O)N1CCC2(CC1)CCN(C(=S)Nc1cc(OC)cc(OC)c1)C2. The molecule has 0 unspecified atom stereocenters. The number of thiocarbonyl (C=S) groups is 1. The number of carbonyl (C=O) groups is 1. The van der Waals surface area contributed by atoms with Crippen LogP contribution in [0.4, 0.5) is 5.69 Å². The number of carbonyl (C=O) groups excluding carboxylic acids is 1. The second-order valence-corrected chi connectivity index (χ2v) is 9.72. The van der Waals surface area contributed by atoms with E-state index in [4.69, 9.17) is 26.4 Å². The van der Waals surface area contributed by atoms with Gasteiger partial charge in [-0.2, -0.15) is 0 Å². The molecule has 0 saturated carbocycles. The van der Waals surface area contributed by atoms with Crippen molar-refractivity contribution in [1.82, 2.24) is 9.80 Å². The van der Waals surface area contributed by atoms with Gasteiger partial charge >= 0.3 is 0 Å². The lowest BCUT2D eigenvalue weighted by atomic mass is 9.78. The summed E-state index contributed by atoms with van der Waals surface area (Å²) in [5.41, 5.74) is 1.96. The maximum atomic E-state index is 12.9. The summed E-state index contributed by atoms with van der Waals surface area (Å²) in [6.45, 7) is 5.89. The van der Waals surface area contributed by atoms with Crippen molar-refractivity contribution in [1.29, 1.82) is 0 Å². The molecule has 1 amide bonds. The second kappa shape index (κ2) is 11.6. The maximum absolute atomic E-state index is 12.9. The lowest BCUT2D eigenvalue weighted by molar-refractivity contribution is -0.128. The third-order valence-corrected chi connectivity index (χ3v) is 7.45. The molecule has 2 aromatic rings. The number of nitrogens with one attached hydrogen (secondary N) is 1. The van der Waals surface area contributed by atoms with E-state index in [0.29, 0.717) is 23.2 Å². The zero-order valence-electron chi connectivity index (χ0n) is 21.3. The number of amides is 1. The van der Waals surface area contributed by atoms with E-state index >= 15 is 0 Å². The summed E-state index contributed by atoms with van der Waals surface area (Å²) >= 11 is 5.73. The summed E-state index contributed by atoms with van der Waals surface area (Å²) in [6, 6.07) is 13.4. The highest BCUT2D eigenvalue weighted by atomic mass is 32.1. The molecule has 2 saturated heterocycles. The van der Waals surface area contributed by atoms with Gasteiger partial charge in [0.25, 0.3) is 0 Å². The minimum atomic E-state index is 0.0511. The van der Waals surface area contributed by atoms with E-state index in [1.807, 2.05) is 60.4 Å². The molecule has 1 spiro atoms. The zero-order valence-corrected chi connectivity index (χ0v) is 22.1. The topological polar surface area (TPSA) is 63.3 Å². The number of para-hydroxylation sites is 1. The van der Waals surface area contributed by atoms with Gasteiger partial charge in [0.1, 0.15) is 17.2 Å². The molecule has 2 fully saturated rings. The van der Waals surface area contributed by atoms with Crippen LogP contribution in [0, 0.1) is 5.41 Å². The Labute approximate surface area is 219 Å². The average Bonchev–Trinajstić information content (AvgIpc) is 3.31. The summed E-state index contributed by atoms with van der Waals surface area (Å²) in [7, 11) is 3.27. The van der Waals surface area contributed by atoms with E-state index in [2.05, 4.69) is 10.2 Å². The van der Waals surface area contributed by atoms with Gasteiger partial charge < -0.3 is 29.3 Å². The van der Waals surface area contributed by atoms with E-state index in [9.17, 15) is 4.79 Å². The molecule has 0 radical (unpaired) electrons. The predicted molar refractivity (Wildman–Crippen MR) is 147 cm³/mol. The molecule has 2 heterocycles. The standard InChI is InChI=1S/C28H35N3O4S/c1-4-35-25-8-6-5-7-21(25)9-10-26(32)30-14-11-28(12-15-30)13-16-31(20-28)27(36)29-22-17-23(33-2)19-24(18-22)34-3/h5-10,17-19H,4,11-16,20H2,1-3H3,(H,29,36). The molecule has 7 nitrogen and oxygen atoms in total. The van der Waals surface area contributed by atoms with Crippen molar-refractivity contribution < 1.29 is 19.0 Å². The first-order chi connectivity index (χ1) is 17.4. The van der Waals surface area contributed by atoms with Crippen LogP contribution < -0.4 is 19.5 Å². The number of rotatable bonds is 7. The lowest BCUT2D eigenvalue weighted by Gasteiger charge is -2.39. The predicted octanol–water partition coefficient (Wildman–Crippen LogP) is 4.83. The second-order valence-electron chi connectivity index (χ2n) is 9.33. The van der Waals surface area contributed by atoms with E-state index in [0.717, 1.165) is 62.4 Å². The van der Waals surface area contributed by atoms with Gasteiger partial charge in [-0.3, -0.25) is 4.79 Å².